The molecule has 0 saturated carbocycles. The van der Waals surface area contributed by atoms with E-state index in [1.807, 2.05) is 54.6 Å². The number of amides is 1. The largest absolute Gasteiger partial charge is 0.397 e. The summed E-state index contributed by atoms with van der Waals surface area (Å²) in [5.41, 5.74) is 9.71. The summed E-state index contributed by atoms with van der Waals surface area (Å²) in [5.74, 6) is -0.175. The number of para-hydroxylation sites is 2. The average Bonchev–Trinajstić information content (AvgIpc) is 2.65. The van der Waals surface area contributed by atoms with Crippen molar-refractivity contribution in [1.82, 2.24) is 10.3 Å². The zero-order chi connectivity index (χ0) is 17.5. The highest BCUT2D eigenvalue weighted by atomic mass is 35.5. The van der Waals surface area contributed by atoms with Gasteiger partial charge in [-0.1, -0.05) is 30.3 Å². The van der Waals surface area contributed by atoms with Gasteiger partial charge < -0.3 is 16.4 Å². The van der Waals surface area contributed by atoms with Gasteiger partial charge in [-0.2, -0.15) is 0 Å². The minimum atomic E-state index is -0.175. The molecule has 1 amide bonds. The number of aromatic nitrogens is 1. The van der Waals surface area contributed by atoms with E-state index in [2.05, 4.69) is 15.6 Å². The van der Waals surface area contributed by atoms with Crippen molar-refractivity contribution in [2.75, 3.05) is 11.1 Å². The van der Waals surface area contributed by atoms with Gasteiger partial charge in [0.1, 0.15) is 0 Å². The van der Waals surface area contributed by atoms with Crippen LogP contribution in [0.4, 0.5) is 11.4 Å². The van der Waals surface area contributed by atoms with E-state index in [0.717, 1.165) is 11.3 Å². The Balaban J connectivity index is 0.00000243. The van der Waals surface area contributed by atoms with Gasteiger partial charge in [0.15, 0.2) is 0 Å². The summed E-state index contributed by atoms with van der Waals surface area (Å²) in [5, 5.41) is 6.16. The van der Waals surface area contributed by atoms with Gasteiger partial charge in [0, 0.05) is 24.8 Å². The van der Waals surface area contributed by atoms with Crippen LogP contribution in [-0.2, 0) is 13.1 Å². The van der Waals surface area contributed by atoms with E-state index in [0.29, 0.717) is 30.0 Å². The fourth-order valence-corrected chi connectivity index (χ4v) is 2.42. The van der Waals surface area contributed by atoms with Gasteiger partial charge in [-0.05, 0) is 42.0 Å². The molecule has 0 aliphatic rings. The monoisotopic (exact) mass is 368 g/mol. The second-order valence-corrected chi connectivity index (χ2v) is 5.66. The molecule has 134 valence electrons. The summed E-state index contributed by atoms with van der Waals surface area (Å²) >= 11 is 0. The molecule has 2 aromatic carbocycles. The molecule has 1 aromatic heterocycles. The number of carbonyl (C=O) groups excluding carboxylic acids is 1. The number of nitrogens with zero attached hydrogens (tertiary/aromatic N) is 1. The Morgan fingerprint density at radius 3 is 2.35 bits per heavy atom. The molecule has 0 radical (unpaired) electrons. The number of pyridine rings is 1. The maximum Gasteiger partial charge on any atom is 0.255 e. The molecule has 0 aliphatic carbocycles. The molecule has 3 aromatic rings. The van der Waals surface area contributed by atoms with Crippen molar-refractivity contribution in [2.45, 2.75) is 13.1 Å². The van der Waals surface area contributed by atoms with Crippen LogP contribution >= 0.6 is 12.4 Å². The van der Waals surface area contributed by atoms with Crippen molar-refractivity contribution in [3.8, 4) is 0 Å². The predicted octanol–water partition coefficient (Wildman–Crippen LogP) is 3.63. The van der Waals surface area contributed by atoms with Gasteiger partial charge in [0.25, 0.3) is 5.91 Å². The van der Waals surface area contributed by atoms with Crippen LogP contribution in [0.5, 0.6) is 0 Å². The smallest absolute Gasteiger partial charge is 0.255 e. The summed E-state index contributed by atoms with van der Waals surface area (Å²) < 4.78 is 0. The number of anilines is 2. The first-order valence-electron chi connectivity index (χ1n) is 8.08. The fraction of sp³-hybridized carbons (Fsp3) is 0.100. The van der Waals surface area contributed by atoms with Gasteiger partial charge in [0.2, 0.25) is 0 Å². The number of nitrogens with two attached hydrogens (primary N) is 1. The van der Waals surface area contributed by atoms with E-state index in [9.17, 15) is 4.79 Å². The average molecular weight is 369 g/mol. The molecule has 1 heterocycles. The molecule has 0 saturated heterocycles. The molecule has 6 heteroatoms. The van der Waals surface area contributed by atoms with E-state index in [-0.39, 0.29) is 18.3 Å². The molecule has 4 N–H and O–H groups in total. The fourth-order valence-electron chi connectivity index (χ4n) is 2.42. The number of nitrogens with one attached hydrogen (secondary N) is 2. The van der Waals surface area contributed by atoms with Crippen molar-refractivity contribution < 1.29 is 4.79 Å². The lowest BCUT2D eigenvalue weighted by atomic mass is 10.1. The maximum atomic E-state index is 12.3. The second-order valence-electron chi connectivity index (χ2n) is 5.66. The normalized spacial score (nSPS) is 10.0. The molecular formula is C20H21ClN4O. The van der Waals surface area contributed by atoms with Gasteiger partial charge >= 0.3 is 0 Å². The zero-order valence-corrected chi connectivity index (χ0v) is 15.0. The van der Waals surface area contributed by atoms with Crippen molar-refractivity contribution in [3.63, 3.8) is 0 Å². The quantitative estimate of drug-likeness (QED) is 0.580. The van der Waals surface area contributed by atoms with Crippen LogP contribution in [0.15, 0.2) is 72.9 Å². The van der Waals surface area contributed by atoms with E-state index >= 15 is 0 Å². The molecular weight excluding hydrogens is 348 g/mol. The Kier molecular flexibility index (Phi) is 7.14. The van der Waals surface area contributed by atoms with E-state index in [4.69, 9.17) is 5.73 Å². The Bertz CT molecular complexity index is 838. The van der Waals surface area contributed by atoms with E-state index in [1.54, 1.807) is 18.3 Å². The number of hydrogen-bond acceptors (Lipinski definition) is 4. The highest BCUT2D eigenvalue weighted by Gasteiger charge is 2.07. The Morgan fingerprint density at radius 2 is 1.65 bits per heavy atom. The number of rotatable bonds is 6. The lowest BCUT2D eigenvalue weighted by Gasteiger charge is -2.09. The van der Waals surface area contributed by atoms with Crippen LogP contribution in [-0.4, -0.2) is 10.9 Å². The predicted molar refractivity (Wildman–Crippen MR) is 107 cm³/mol. The number of carbonyl (C=O) groups is 1. The summed E-state index contributed by atoms with van der Waals surface area (Å²) in [6.07, 6.45) is 1.78. The standard InChI is InChI=1S/C20H20N4O.ClH/c21-18-6-1-2-7-19(18)24-20(25)16-10-8-15(9-11-16)13-22-14-17-5-3-4-12-23-17;/h1-12,22H,13-14,21H2,(H,24,25);1H. The Labute approximate surface area is 159 Å². The molecule has 0 bridgehead atoms. The van der Waals surface area contributed by atoms with Crippen LogP contribution in [0.3, 0.4) is 0 Å². The zero-order valence-electron chi connectivity index (χ0n) is 14.2. The molecule has 0 unspecified atom stereocenters. The van der Waals surface area contributed by atoms with Gasteiger partial charge in [-0.25, -0.2) is 0 Å². The van der Waals surface area contributed by atoms with Crippen molar-refractivity contribution in [3.05, 3.63) is 89.7 Å². The SMILES string of the molecule is Cl.Nc1ccccc1NC(=O)c1ccc(CNCc2ccccn2)cc1. The van der Waals surface area contributed by atoms with Crippen molar-refractivity contribution in [2.24, 2.45) is 0 Å². The number of halogens is 1. The minimum absolute atomic E-state index is 0. The number of nitrogen functional groups attached to an aromatic ring is 1. The lowest BCUT2D eigenvalue weighted by molar-refractivity contribution is 0.102. The third-order valence-corrected chi connectivity index (χ3v) is 3.79. The first kappa shape index (κ1) is 19.4. The maximum absolute atomic E-state index is 12.3. The molecule has 26 heavy (non-hydrogen) atoms. The molecule has 0 atom stereocenters. The van der Waals surface area contributed by atoms with Crippen LogP contribution in [0.1, 0.15) is 21.6 Å². The van der Waals surface area contributed by atoms with Crippen molar-refractivity contribution in [1.29, 1.82) is 0 Å². The highest BCUT2D eigenvalue weighted by Crippen LogP contribution is 2.18. The summed E-state index contributed by atoms with van der Waals surface area (Å²) in [6, 6.07) is 20.6. The minimum Gasteiger partial charge on any atom is -0.397 e. The van der Waals surface area contributed by atoms with Crippen LogP contribution in [0, 0.1) is 0 Å². The van der Waals surface area contributed by atoms with Crippen molar-refractivity contribution >= 4 is 29.7 Å². The molecule has 0 spiro atoms. The third kappa shape index (κ3) is 5.31. The summed E-state index contributed by atoms with van der Waals surface area (Å²) in [4.78, 5) is 16.6. The number of benzene rings is 2. The Hall–Kier alpha value is -2.89. The summed E-state index contributed by atoms with van der Waals surface area (Å²) in [6.45, 7) is 1.42. The van der Waals surface area contributed by atoms with Crippen LogP contribution in [0.25, 0.3) is 0 Å². The van der Waals surface area contributed by atoms with Crippen LogP contribution in [0.2, 0.25) is 0 Å². The lowest BCUT2D eigenvalue weighted by Crippen LogP contribution is -2.15. The molecule has 3 rings (SSSR count). The van der Waals surface area contributed by atoms with E-state index < -0.39 is 0 Å². The van der Waals surface area contributed by atoms with E-state index in [1.165, 1.54) is 0 Å². The number of hydrogen-bond donors (Lipinski definition) is 3. The van der Waals surface area contributed by atoms with Gasteiger partial charge in [0.05, 0.1) is 17.1 Å². The second kappa shape index (κ2) is 9.56. The van der Waals surface area contributed by atoms with Gasteiger partial charge in [-0.15, -0.1) is 12.4 Å². The summed E-state index contributed by atoms with van der Waals surface area (Å²) in [7, 11) is 0. The first-order chi connectivity index (χ1) is 12.2. The van der Waals surface area contributed by atoms with Gasteiger partial charge in [-0.3, -0.25) is 9.78 Å². The molecule has 0 fully saturated rings. The first-order valence-corrected chi connectivity index (χ1v) is 8.08. The third-order valence-electron chi connectivity index (χ3n) is 3.79. The topological polar surface area (TPSA) is 80.0 Å². The Morgan fingerprint density at radius 1 is 0.923 bits per heavy atom. The van der Waals surface area contributed by atoms with Crippen LogP contribution < -0.4 is 16.4 Å². The molecule has 5 nitrogen and oxygen atoms in total. The molecule has 0 aliphatic heterocycles. The highest BCUT2D eigenvalue weighted by molar-refractivity contribution is 6.05.